The first-order valence-corrected chi connectivity index (χ1v) is 7.02. The highest BCUT2D eigenvalue weighted by molar-refractivity contribution is 5.17. The largest absolute Gasteiger partial charge is 0.388 e. The van der Waals surface area contributed by atoms with Crippen LogP contribution in [0.1, 0.15) is 44.8 Å². The first-order chi connectivity index (χ1) is 8.57. The number of rotatable bonds is 4. The van der Waals surface area contributed by atoms with Gasteiger partial charge in [-0.05, 0) is 43.3 Å². The van der Waals surface area contributed by atoms with Crippen molar-refractivity contribution in [3.05, 3.63) is 35.9 Å². The number of hydrogen-bond acceptors (Lipinski definition) is 2. The number of aliphatic hydroxyl groups excluding tert-OH is 1. The number of piperidine rings is 1. The summed E-state index contributed by atoms with van der Waals surface area (Å²) in [6.07, 6.45) is 3.06. The van der Waals surface area contributed by atoms with Gasteiger partial charge in [0.05, 0.1) is 6.10 Å². The second kappa shape index (κ2) is 5.85. The fourth-order valence-corrected chi connectivity index (χ4v) is 2.53. The van der Waals surface area contributed by atoms with Crippen molar-refractivity contribution in [1.82, 2.24) is 4.90 Å². The molecule has 1 aromatic carbocycles. The van der Waals surface area contributed by atoms with Crippen LogP contribution in [0.5, 0.6) is 0 Å². The van der Waals surface area contributed by atoms with E-state index >= 15 is 0 Å². The molecule has 1 atom stereocenters. The molecule has 0 amide bonds. The van der Waals surface area contributed by atoms with Gasteiger partial charge in [-0.2, -0.15) is 0 Å². The summed E-state index contributed by atoms with van der Waals surface area (Å²) in [6.45, 7) is 8.06. The highest BCUT2D eigenvalue weighted by atomic mass is 16.3. The number of nitrogens with zero attached hydrogens (tertiary/aromatic N) is 1. The summed E-state index contributed by atoms with van der Waals surface area (Å²) in [5.74, 6) is 0. The van der Waals surface area contributed by atoms with Crippen LogP contribution < -0.4 is 0 Å². The summed E-state index contributed by atoms with van der Waals surface area (Å²) in [4.78, 5) is 2.48. The summed E-state index contributed by atoms with van der Waals surface area (Å²) < 4.78 is 0. The number of aliphatic hydroxyl groups is 1. The maximum absolute atomic E-state index is 10.1. The molecule has 2 rings (SSSR count). The van der Waals surface area contributed by atoms with Crippen LogP contribution in [0.3, 0.4) is 0 Å². The van der Waals surface area contributed by atoms with Crippen LogP contribution in [0.2, 0.25) is 0 Å². The van der Waals surface area contributed by atoms with Gasteiger partial charge in [0.15, 0.2) is 0 Å². The molecular formula is C16H25NO. The Morgan fingerprint density at radius 2 is 1.78 bits per heavy atom. The van der Waals surface area contributed by atoms with Gasteiger partial charge in [-0.15, -0.1) is 0 Å². The van der Waals surface area contributed by atoms with Gasteiger partial charge in [-0.25, -0.2) is 0 Å². The first kappa shape index (κ1) is 13.6. The van der Waals surface area contributed by atoms with Crippen LogP contribution >= 0.6 is 0 Å². The summed E-state index contributed by atoms with van der Waals surface area (Å²) in [5.41, 5.74) is 1.55. The second-order valence-corrected chi connectivity index (χ2v) is 6.22. The maximum Gasteiger partial charge on any atom is 0.0802 e. The van der Waals surface area contributed by atoms with E-state index in [0.717, 1.165) is 18.5 Å². The minimum atomic E-state index is -0.318. The molecule has 18 heavy (non-hydrogen) atoms. The van der Waals surface area contributed by atoms with Gasteiger partial charge in [-0.1, -0.05) is 44.2 Å². The van der Waals surface area contributed by atoms with E-state index in [0.29, 0.717) is 5.41 Å². The van der Waals surface area contributed by atoms with E-state index in [2.05, 4.69) is 18.7 Å². The van der Waals surface area contributed by atoms with Crippen molar-refractivity contribution in [1.29, 1.82) is 0 Å². The van der Waals surface area contributed by atoms with Gasteiger partial charge >= 0.3 is 0 Å². The van der Waals surface area contributed by atoms with Crippen molar-refractivity contribution in [2.24, 2.45) is 5.41 Å². The molecule has 1 aliphatic heterocycles. The van der Waals surface area contributed by atoms with E-state index in [-0.39, 0.29) is 6.10 Å². The van der Waals surface area contributed by atoms with E-state index in [9.17, 15) is 5.11 Å². The molecule has 1 aromatic rings. The monoisotopic (exact) mass is 247 g/mol. The fourth-order valence-electron chi connectivity index (χ4n) is 2.53. The van der Waals surface area contributed by atoms with Crippen molar-refractivity contribution in [3.63, 3.8) is 0 Å². The molecule has 0 aromatic heterocycles. The Morgan fingerprint density at radius 3 is 2.39 bits per heavy atom. The Balaban J connectivity index is 1.76. The predicted octanol–water partition coefficient (Wildman–Crippen LogP) is 3.23. The van der Waals surface area contributed by atoms with Crippen LogP contribution in [-0.2, 0) is 0 Å². The summed E-state index contributed by atoms with van der Waals surface area (Å²) in [7, 11) is 0. The van der Waals surface area contributed by atoms with Crippen molar-refractivity contribution in [2.45, 2.75) is 39.2 Å². The van der Waals surface area contributed by atoms with Crippen molar-refractivity contribution >= 4 is 0 Å². The van der Waals surface area contributed by atoms with Crippen molar-refractivity contribution in [2.75, 3.05) is 19.6 Å². The third-order valence-corrected chi connectivity index (χ3v) is 4.11. The maximum atomic E-state index is 10.1. The molecular weight excluding hydrogens is 222 g/mol. The molecule has 1 fully saturated rings. The SMILES string of the molecule is CC1(C)CCN(CC[C@@H](O)c2ccccc2)CC1. The van der Waals surface area contributed by atoms with E-state index in [1.54, 1.807) is 0 Å². The van der Waals surface area contributed by atoms with Crippen molar-refractivity contribution in [3.8, 4) is 0 Å². The zero-order valence-electron chi connectivity index (χ0n) is 11.6. The molecule has 0 spiro atoms. The Kier molecular flexibility index (Phi) is 4.41. The van der Waals surface area contributed by atoms with Gasteiger partial charge in [0.2, 0.25) is 0 Å². The van der Waals surface area contributed by atoms with Gasteiger partial charge in [-0.3, -0.25) is 0 Å². The first-order valence-electron chi connectivity index (χ1n) is 7.02. The molecule has 0 bridgehead atoms. The highest BCUT2D eigenvalue weighted by Gasteiger charge is 2.25. The van der Waals surface area contributed by atoms with Crippen LogP contribution in [0.25, 0.3) is 0 Å². The average Bonchev–Trinajstić information content (AvgIpc) is 2.38. The lowest BCUT2D eigenvalue weighted by molar-refractivity contribution is 0.101. The molecule has 1 heterocycles. The molecule has 0 unspecified atom stereocenters. The lowest BCUT2D eigenvalue weighted by Crippen LogP contribution is -2.38. The fraction of sp³-hybridized carbons (Fsp3) is 0.625. The molecule has 1 saturated heterocycles. The highest BCUT2D eigenvalue weighted by Crippen LogP contribution is 2.30. The third-order valence-electron chi connectivity index (χ3n) is 4.11. The van der Waals surface area contributed by atoms with E-state index in [1.165, 1.54) is 25.9 Å². The normalized spacial score (nSPS) is 21.7. The minimum Gasteiger partial charge on any atom is -0.388 e. The zero-order valence-corrected chi connectivity index (χ0v) is 11.6. The van der Waals surface area contributed by atoms with E-state index < -0.39 is 0 Å². The molecule has 2 heteroatoms. The third kappa shape index (κ3) is 3.82. The number of likely N-dealkylation sites (tertiary alicyclic amines) is 1. The topological polar surface area (TPSA) is 23.5 Å². The molecule has 0 radical (unpaired) electrons. The van der Waals surface area contributed by atoms with E-state index in [4.69, 9.17) is 0 Å². The predicted molar refractivity (Wildman–Crippen MR) is 75.5 cm³/mol. The molecule has 0 aliphatic carbocycles. The minimum absolute atomic E-state index is 0.318. The Hall–Kier alpha value is -0.860. The standard InChI is InChI=1S/C16H25NO/c1-16(2)9-12-17(13-10-16)11-8-15(18)14-6-4-3-5-7-14/h3-7,15,18H,8-13H2,1-2H3/t15-/m1/s1. The van der Waals surface area contributed by atoms with Crippen LogP contribution in [-0.4, -0.2) is 29.6 Å². The average molecular weight is 247 g/mol. The lowest BCUT2D eigenvalue weighted by atomic mass is 9.82. The Morgan fingerprint density at radius 1 is 1.17 bits per heavy atom. The summed E-state index contributed by atoms with van der Waals surface area (Å²) >= 11 is 0. The van der Waals surface area contributed by atoms with Crippen LogP contribution in [0, 0.1) is 5.41 Å². The van der Waals surface area contributed by atoms with Gasteiger partial charge in [0.1, 0.15) is 0 Å². The Bertz CT molecular complexity index is 351. The molecule has 2 nitrogen and oxygen atoms in total. The van der Waals surface area contributed by atoms with Crippen molar-refractivity contribution < 1.29 is 5.11 Å². The lowest BCUT2D eigenvalue weighted by Gasteiger charge is -2.37. The molecule has 0 saturated carbocycles. The Labute approximate surface area is 111 Å². The second-order valence-electron chi connectivity index (χ2n) is 6.22. The van der Waals surface area contributed by atoms with Gasteiger partial charge < -0.3 is 10.0 Å². The number of hydrogen-bond donors (Lipinski definition) is 1. The quantitative estimate of drug-likeness (QED) is 0.883. The summed E-state index contributed by atoms with van der Waals surface area (Å²) in [6, 6.07) is 9.97. The van der Waals surface area contributed by atoms with E-state index in [1.807, 2.05) is 30.3 Å². The molecule has 1 N–H and O–H groups in total. The van der Waals surface area contributed by atoms with Crippen LogP contribution in [0.15, 0.2) is 30.3 Å². The van der Waals surface area contributed by atoms with Crippen LogP contribution in [0.4, 0.5) is 0 Å². The molecule has 1 aliphatic rings. The molecule has 100 valence electrons. The van der Waals surface area contributed by atoms with Gasteiger partial charge in [0, 0.05) is 6.54 Å². The smallest absolute Gasteiger partial charge is 0.0802 e. The van der Waals surface area contributed by atoms with Gasteiger partial charge in [0.25, 0.3) is 0 Å². The number of benzene rings is 1. The summed E-state index contributed by atoms with van der Waals surface area (Å²) in [5, 5.41) is 10.1. The zero-order chi connectivity index (χ0) is 13.0.